The number of carbonyl (C=O) groups is 2. The number of anilines is 1. The van der Waals surface area contributed by atoms with Crippen LogP contribution in [0, 0.1) is 5.82 Å². The number of nitrogens with zero attached hydrogens (tertiary/aromatic N) is 3. The van der Waals surface area contributed by atoms with E-state index in [0.717, 1.165) is 0 Å². The Labute approximate surface area is 162 Å². The lowest BCUT2D eigenvalue weighted by Gasteiger charge is -2.09. The molecule has 0 radical (unpaired) electrons. The van der Waals surface area contributed by atoms with E-state index in [0.29, 0.717) is 10.7 Å². The summed E-state index contributed by atoms with van der Waals surface area (Å²) in [5, 5.41) is 2.88. The number of benzene rings is 1. The second kappa shape index (κ2) is 8.15. The molecule has 138 valence electrons. The van der Waals surface area contributed by atoms with Crippen molar-refractivity contribution in [2.45, 2.75) is 0 Å². The van der Waals surface area contributed by atoms with Crippen LogP contribution < -0.4 is 5.32 Å². The molecule has 1 aromatic carbocycles. The fourth-order valence-electron chi connectivity index (χ4n) is 2.13. The molecule has 0 saturated carbocycles. The van der Waals surface area contributed by atoms with Crippen molar-refractivity contribution in [3.05, 3.63) is 70.6 Å². The quantitative estimate of drug-likeness (QED) is 0.652. The molecule has 2 aromatic heterocycles. The van der Waals surface area contributed by atoms with Gasteiger partial charge in [0.15, 0.2) is 18.1 Å². The number of aromatic nitrogens is 3. The molecule has 2 heterocycles. The van der Waals surface area contributed by atoms with Crippen LogP contribution in [-0.4, -0.2) is 33.0 Å². The summed E-state index contributed by atoms with van der Waals surface area (Å²) in [6.45, 7) is -0.561. The van der Waals surface area contributed by atoms with Gasteiger partial charge in [-0.15, -0.1) is 0 Å². The second-order valence-corrected chi connectivity index (χ2v) is 6.08. The number of rotatable bonds is 5. The smallest absolute Gasteiger partial charge is 0.357 e. The van der Waals surface area contributed by atoms with E-state index in [9.17, 15) is 14.0 Å². The van der Waals surface area contributed by atoms with Gasteiger partial charge in [0.1, 0.15) is 5.82 Å². The first kappa shape index (κ1) is 18.8. The highest BCUT2D eigenvalue weighted by Gasteiger charge is 2.17. The van der Waals surface area contributed by atoms with Crippen LogP contribution in [0.5, 0.6) is 0 Å². The summed E-state index contributed by atoms with van der Waals surface area (Å²) in [7, 11) is 0. The average Bonchev–Trinajstić information content (AvgIpc) is 3.12. The summed E-state index contributed by atoms with van der Waals surface area (Å²) in [6, 6.07) is 6.88. The lowest BCUT2D eigenvalue weighted by molar-refractivity contribution is -0.119. The number of hydrogen-bond donors (Lipinski definition) is 1. The van der Waals surface area contributed by atoms with Gasteiger partial charge in [0.05, 0.1) is 22.6 Å². The van der Waals surface area contributed by atoms with Gasteiger partial charge >= 0.3 is 5.97 Å². The summed E-state index contributed by atoms with van der Waals surface area (Å²) in [4.78, 5) is 31.9. The van der Waals surface area contributed by atoms with Gasteiger partial charge in [-0.1, -0.05) is 23.2 Å². The molecule has 7 nitrogen and oxygen atoms in total. The van der Waals surface area contributed by atoms with Gasteiger partial charge in [-0.2, -0.15) is 0 Å². The highest BCUT2D eigenvalue weighted by atomic mass is 35.5. The summed E-state index contributed by atoms with van der Waals surface area (Å²) in [6.07, 6.45) is 3.97. The summed E-state index contributed by atoms with van der Waals surface area (Å²) in [5.74, 6) is -1.72. The third kappa shape index (κ3) is 4.60. The Balaban J connectivity index is 1.64. The van der Waals surface area contributed by atoms with Crippen LogP contribution in [0.25, 0.3) is 5.69 Å². The lowest BCUT2D eigenvalue weighted by Crippen LogP contribution is -2.22. The van der Waals surface area contributed by atoms with E-state index in [2.05, 4.69) is 15.3 Å². The van der Waals surface area contributed by atoms with Crippen molar-refractivity contribution >= 4 is 40.9 Å². The molecule has 3 rings (SSSR count). The number of amides is 1. The van der Waals surface area contributed by atoms with E-state index in [1.807, 2.05) is 0 Å². The van der Waals surface area contributed by atoms with E-state index in [1.54, 1.807) is 0 Å². The minimum Gasteiger partial charge on any atom is -0.451 e. The molecule has 10 heteroatoms. The Morgan fingerprint density at radius 2 is 1.93 bits per heavy atom. The van der Waals surface area contributed by atoms with E-state index in [1.165, 1.54) is 53.6 Å². The minimum atomic E-state index is -0.776. The van der Waals surface area contributed by atoms with E-state index in [4.69, 9.17) is 27.9 Å². The van der Waals surface area contributed by atoms with Crippen molar-refractivity contribution in [1.29, 1.82) is 0 Å². The van der Waals surface area contributed by atoms with Crippen LogP contribution >= 0.6 is 23.2 Å². The van der Waals surface area contributed by atoms with Gasteiger partial charge in [-0.05, 0) is 30.3 Å². The molecule has 0 aliphatic rings. The fraction of sp³-hybridized carbons (Fsp3) is 0.0588. The summed E-state index contributed by atoms with van der Waals surface area (Å²) < 4.78 is 19.4. The van der Waals surface area contributed by atoms with Gasteiger partial charge in [0.2, 0.25) is 0 Å². The standard InChI is InChI=1S/C17H11Cl2FN4O3/c18-10-5-13(19)16(22-6-10)23-15(25)8-27-17(26)14-7-21-9-24(14)12-3-1-11(20)2-4-12/h1-7,9H,8H2,(H,22,23,25). The first-order valence-corrected chi connectivity index (χ1v) is 8.26. The van der Waals surface area contributed by atoms with Crippen molar-refractivity contribution in [3.63, 3.8) is 0 Å². The zero-order valence-corrected chi connectivity index (χ0v) is 15.0. The first-order chi connectivity index (χ1) is 12.9. The van der Waals surface area contributed by atoms with E-state index < -0.39 is 24.3 Å². The fourth-order valence-corrected chi connectivity index (χ4v) is 2.56. The summed E-state index contributed by atoms with van der Waals surface area (Å²) in [5.41, 5.74) is 0.597. The molecule has 0 aliphatic carbocycles. The van der Waals surface area contributed by atoms with Gasteiger partial charge in [0.25, 0.3) is 5.91 Å². The molecule has 1 amide bonds. The largest absolute Gasteiger partial charge is 0.451 e. The zero-order valence-electron chi connectivity index (χ0n) is 13.5. The lowest BCUT2D eigenvalue weighted by atomic mass is 10.3. The zero-order chi connectivity index (χ0) is 19.4. The van der Waals surface area contributed by atoms with Crippen LogP contribution in [0.1, 0.15) is 10.5 Å². The molecule has 3 aromatic rings. The number of carbonyl (C=O) groups excluding carboxylic acids is 2. The first-order valence-electron chi connectivity index (χ1n) is 7.50. The highest BCUT2D eigenvalue weighted by molar-refractivity contribution is 6.36. The van der Waals surface area contributed by atoms with Crippen molar-refractivity contribution in [1.82, 2.24) is 14.5 Å². The number of nitrogens with one attached hydrogen (secondary N) is 1. The molecule has 27 heavy (non-hydrogen) atoms. The third-order valence-electron chi connectivity index (χ3n) is 3.35. The molecule has 0 saturated heterocycles. The number of esters is 1. The maximum Gasteiger partial charge on any atom is 0.357 e. The molecule has 0 spiro atoms. The molecule has 0 unspecified atom stereocenters. The van der Waals surface area contributed by atoms with Crippen LogP contribution in [0.4, 0.5) is 10.2 Å². The molecule has 0 fully saturated rings. The van der Waals surface area contributed by atoms with Crippen molar-refractivity contribution < 1.29 is 18.7 Å². The molecule has 0 atom stereocenters. The maximum atomic E-state index is 13.0. The number of hydrogen-bond acceptors (Lipinski definition) is 5. The van der Waals surface area contributed by atoms with E-state index >= 15 is 0 Å². The Morgan fingerprint density at radius 1 is 1.19 bits per heavy atom. The van der Waals surface area contributed by atoms with Gasteiger partial charge < -0.3 is 10.1 Å². The van der Waals surface area contributed by atoms with Crippen LogP contribution in [-0.2, 0) is 9.53 Å². The van der Waals surface area contributed by atoms with Crippen LogP contribution in [0.3, 0.4) is 0 Å². The molecule has 0 bridgehead atoms. The van der Waals surface area contributed by atoms with Gasteiger partial charge in [-0.3, -0.25) is 9.36 Å². The minimum absolute atomic E-state index is 0.0806. The van der Waals surface area contributed by atoms with E-state index in [-0.39, 0.29) is 16.5 Å². The molecule has 1 N–H and O–H groups in total. The second-order valence-electron chi connectivity index (χ2n) is 5.23. The predicted octanol–water partition coefficient (Wildman–Crippen LogP) is 3.51. The van der Waals surface area contributed by atoms with Crippen molar-refractivity contribution in [3.8, 4) is 5.69 Å². The topological polar surface area (TPSA) is 86.1 Å². The third-order valence-corrected chi connectivity index (χ3v) is 3.85. The molecule has 0 aliphatic heterocycles. The number of ether oxygens (including phenoxy) is 1. The molecular weight excluding hydrogens is 398 g/mol. The normalized spacial score (nSPS) is 10.5. The molecular formula is C17H11Cl2FN4O3. The SMILES string of the molecule is O=C(COC(=O)c1cncn1-c1ccc(F)cc1)Nc1ncc(Cl)cc1Cl. The average molecular weight is 409 g/mol. The van der Waals surface area contributed by atoms with Gasteiger partial charge in [-0.25, -0.2) is 19.2 Å². The monoisotopic (exact) mass is 408 g/mol. The highest BCUT2D eigenvalue weighted by Crippen LogP contribution is 2.22. The number of imidazole rings is 1. The van der Waals surface area contributed by atoms with Crippen molar-refractivity contribution in [2.75, 3.05) is 11.9 Å². The Morgan fingerprint density at radius 3 is 2.63 bits per heavy atom. The van der Waals surface area contributed by atoms with Gasteiger partial charge in [0, 0.05) is 11.9 Å². The Hall–Kier alpha value is -2.97. The predicted molar refractivity (Wildman–Crippen MR) is 96.7 cm³/mol. The number of pyridine rings is 1. The Bertz CT molecular complexity index is 992. The van der Waals surface area contributed by atoms with Crippen LogP contribution in [0.2, 0.25) is 10.0 Å². The summed E-state index contributed by atoms with van der Waals surface area (Å²) >= 11 is 11.6. The Kier molecular flexibility index (Phi) is 5.68. The van der Waals surface area contributed by atoms with Crippen molar-refractivity contribution in [2.24, 2.45) is 0 Å². The van der Waals surface area contributed by atoms with Crippen LogP contribution in [0.15, 0.2) is 49.1 Å². The maximum absolute atomic E-state index is 13.0. The number of halogens is 3.